The number of piperidine rings is 1. The molecular formula is C13H17N5. The molecule has 18 heavy (non-hydrogen) atoms. The number of nitrogens with zero attached hydrogens (tertiary/aromatic N) is 5. The van der Waals surface area contributed by atoms with Crippen LogP contribution in [-0.4, -0.2) is 32.9 Å². The van der Waals surface area contributed by atoms with Crippen LogP contribution < -0.4 is 4.90 Å². The minimum absolute atomic E-state index is 0.622. The van der Waals surface area contributed by atoms with Crippen molar-refractivity contribution < 1.29 is 0 Å². The summed E-state index contributed by atoms with van der Waals surface area (Å²) >= 11 is 0. The summed E-state index contributed by atoms with van der Waals surface area (Å²) in [4.78, 5) is 2.43. The van der Waals surface area contributed by atoms with Crippen molar-refractivity contribution in [3.05, 3.63) is 18.0 Å². The average Bonchev–Trinajstić information content (AvgIpc) is 3.04. The first kappa shape index (κ1) is 10.3. The van der Waals surface area contributed by atoms with Crippen LogP contribution in [0.4, 0.5) is 5.82 Å². The van der Waals surface area contributed by atoms with E-state index in [0.717, 1.165) is 23.8 Å². The standard InChI is InChI=1S/C13H17N5/c1-10-14-15-11-3-4-12(16-18(10)11)17-8-2-5-13(9-17)6-7-13/h3-4H,2,5-9H2,1H3. The molecule has 0 bridgehead atoms. The highest BCUT2D eigenvalue weighted by Gasteiger charge is 2.45. The van der Waals surface area contributed by atoms with Gasteiger partial charge in [0.1, 0.15) is 5.82 Å². The van der Waals surface area contributed by atoms with Crippen molar-refractivity contribution in [1.29, 1.82) is 0 Å². The maximum absolute atomic E-state index is 4.67. The van der Waals surface area contributed by atoms with Crippen molar-refractivity contribution in [2.24, 2.45) is 5.41 Å². The van der Waals surface area contributed by atoms with E-state index >= 15 is 0 Å². The Morgan fingerprint density at radius 3 is 2.89 bits per heavy atom. The first-order valence-corrected chi connectivity index (χ1v) is 6.70. The van der Waals surface area contributed by atoms with Crippen LogP contribution in [0.25, 0.3) is 5.65 Å². The second-order valence-electron chi connectivity index (χ2n) is 5.73. The summed E-state index contributed by atoms with van der Waals surface area (Å²) in [6, 6.07) is 4.08. The van der Waals surface area contributed by atoms with Crippen LogP contribution in [0, 0.1) is 12.3 Å². The molecule has 0 N–H and O–H groups in total. The first-order valence-electron chi connectivity index (χ1n) is 6.70. The largest absolute Gasteiger partial charge is 0.355 e. The summed E-state index contributed by atoms with van der Waals surface area (Å²) in [6.07, 6.45) is 5.49. The second kappa shape index (κ2) is 3.43. The predicted molar refractivity (Wildman–Crippen MR) is 68.6 cm³/mol. The van der Waals surface area contributed by atoms with Gasteiger partial charge in [-0.1, -0.05) is 0 Å². The van der Waals surface area contributed by atoms with Gasteiger partial charge in [0, 0.05) is 13.1 Å². The van der Waals surface area contributed by atoms with Gasteiger partial charge in [0.25, 0.3) is 0 Å². The van der Waals surface area contributed by atoms with E-state index in [-0.39, 0.29) is 0 Å². The average molecular weight is 243 g/mol. The third kappa shape index (κ3) is 1.50. The van der Waals surface area contributed by atoms with Gasteiger partial charge in [-0.3, -0.25) is 0 Å². The Kier molecular flexibility index (Phi) is 1.96. The Morgan fingerprint density at radius 1 is 1.17 bits per heavy atom. The highest BCUT2D eigenvalue weighted by molar-refractivity contribution is 5.46. The Hall–Kier alpha value is -1.65. The van der Waals surface area contributed by atoms with Crippen molar-refractivity contribution in [2.75, 3.05) is 18.0 Å². The van der Waals surface area contributed by atoms with E-state index < -0.39 is 0 Å². The number of aryl methyl sites for hydroxylation is 1. The van der Waals surface area contributed by atoms with Crippen LogP contribution in [-0.2, 0) is 0 Å². The molecule has 1 saturated carbocycles. The lowest BCUT2D eigenvalue weighted by atomic mass is 9.95. The van der Waals surface area contributed by atoms with Crippen molar-refractivity contribution >= 4 is 11.5 Å². The zero-order valence-electron chi connectivity index (χ0n) is 10.6. The Bertz CT molecular complexity index is 598. The van der Waals surface area contributed by atoms with E-state index in [1.165, 1.54) is 32.2 Å². The summed E-state index contributed by atoms with van der Waals surface area (Å²) in [5, 5.41) is 12.8. The lowest BCUT2D eigenvalue weighted by molar-refractivity contribution is 0.392. The second-order valence-corrected chi connectivity index (χ2v) is 5.73. The molecule has 5 heteroatoms. The third-order valence-corrected chi connectivity index (χ3v) is 4.35. The van der Waals surface area contributed by atoms with E-state index in [4.69, 9.17) is 0 Å². The number of hydrogen-bond acceptors (Lipinski definition) is 4. The fourth-order valence-corrected chi connectivity index (χ4v) is 3.04. The van der Waals surface area contributed by atoms with E-state index in [2.05, 4.69) is 26.3 Å². The van der Waals surface area contributed by atoms with Crippen LogP contribution in [0.2, 0.25) is 0 Å². The van der Waals surface area contributed by atoms with Gasteiger partial charge in [-0.05, 0) is 50.2 Å². The molecule has 5 nitrogen and oxygen atoms in total. The number of fused-ring (bicyclic) bond motifs is 1. The molecule has 0 radical (unpaired) electrons. The number of hydrogen-bond donors (Lipinski definition) is 0. The van der Waals surface area contributed by atoms with E-state index in [0.29, 0.717) is 5.41 Å². The molecule has 2 fully saturated rings. The van der Waals surface area contributed by atoms with Gasteiger partial charge in [-0.25, -0.2) is 0 Å². The Balaban J connectivity index is 1.70. The number of aromatic nitrogens is 4. The summed E-state index contributed by atoms with van der Waals surface area (Å²) in [5.41, 5.74) is 1.45. The summed E-state index contributed by atoms with van der Waals surface area (Å²) < 4.78 is 1.84. The van der Waals surface area contributed by atoms with Crippen molar-refractivity contribution in [2.45, 2.75) is 32.6 Å². The van der Waals surface area contributed by atoms with Gasteiger partial charge in [0.2, 0.25) is 0 Å². The molecule has 0 unspecified atom stereocenters. The van der Waals surface area contributed by atoms with Crippen molar-refractivity contribution in [3.63, 3.8) is 0 Å². The van der Waals surface area contributed by atoms with Gasteiger partial charge < -0.3 is 4.90 Å². The minimum atomic E-state index is 0.622. The summed E-state index contributed by atoms with van der Waals surface area (Å²) in [5.74, 6) is 1.92. The highest BCUT2D eigenvalue weighted by Crippen LogP contribution is 2.52. The molecule has 1 aliphatic heterocycles. The maximum atomic E-state index is 4.67. The van der Waals surface area contributed by atoms with Gasteiger partial charge in [0.05, 0.1) is 0 Å². The molecule has 0 amide bonds. The molecule has 0 aromatic carbocycles. The van der Waals surface area contributed by atoms with Crippen LogP contribution in [0.5, 0.6) is 0 Å². The first-order chi connectivity index (χ1) is 8.76. The van der Waals surface area contributed by atoms with E-state index in [1.54, 1.807) is 0 Å². The molecule has 94 valence electrons. The maximum Gasteiger partial charge on any atom is 0.178 e. The van der Waals surface area contributed by atoms with Crippen molar-refractivity contribution in [1.82, 2.24) is 19.8 Å². The van der Waals surface area contributed by atoms with Gasteiger partial charge >= 0.3 is 0 Å². The van der Waals surface area contributed by atoms with Crippen LogP contribution in [0.3, 0.4) is 0 Å². The van der Waals surface area contributed by atoms with Gasteiger partial charge in [0.15, 0.2) is 11.5 Å². The summed E-state index contributed by atoms with van der Waals surface area (Å²) in [7, 11) is 0. The third-order valence-electron chi connectivity index (χ3n) is 4.35. The topological polar surface area (TPSA) is 46.3 Å². The molecule has 3 heterocycles. The molecule has 1 saturated heterocycles. The van der Waals surface area contributed by atoms with Crippen molar-refractivity contribution in [3.8, 4) is 0 Å². The monoisotopic (exact) mass is 243 g/mol. The zero-order chi connectivity index (χ0) is 12.2. The van der Waals surface area contributed by atoms with Gasteiger partial charge in [-0.2, -0.15) is 4.52 Å². The Morgan fingerprint density at radius 2 is 2.06 bits per heavy atom. The van der Waals surface area contributed by atoms with Gasteiger partial charge in [-0.15, -0.1) is 15.3 Å². The fourth-order valence-electron chi connectivity index (χ4n) is 3.04. The molecule has 1 aliphatic carbocycles. The molecule has 2 aliphatic rings. The molecule has 4 rings (SSSR count). The van der Waals surface area contributed by atoms with E-state index in [9.17, 15) is 0 Å². The predicted octanol–water partition coefficient (Wildman–Crippen LogP) is 1.81. The number of rotatable bonds is 1. The molecule has 2 aromatic rings. The zero-order valence-corrected chi connectivity index (χ0v) is 10.6. The molecule has 1 spiro atoms. The normalized spacial score (nSPS) is 21.7. The van der Waals surface area contributed by atoms with Crippen LogP contribution in [0.15, 0.2) is 12.1 Å². The highest BCUT2D eigenvalue weighted by atomic mass is 15.4. The van der Waals surface area contributed by atoms with Crippen LogP contribution in [0.1, 0.15) is 31.5 Å². The minimum Gasteiger partial charge on any atom is -0.355 e. The lowest BCUT2D eigenvalue weighted by Crippen LogP contribution is -2.37. The van der Waals surface area contributed by atoms with Crippen LogP contribution >= 0.6 is 0 Å². The SMILES string of the molecule is Cc1nnc2ccc(N3CCCC4(CC4)C3)nn12. The van der Waals surface area contributed by atoms with E-state index in [1.807, 2.05) is 17.5 Å². The summed E-state index contributed by atoms with van der Waals surface area (Å²) in [6.45, 7) is 4.24. The lowest BCUT2D eigenvalue weighted by Gasteiger charge is -2.33. The Labute approximate surface area is 106 Å². The quantitative estimate of drug-likeness (QED) is 0.766. The molecule has 0 atom stereocenters. The smallest absolute Gasteiger partial charge is 0.178 e. The molecule has 2 aromatic heterocycles. The molecular weight excluding hydrogens is 226 g/mol. The fraction of sp³-hybridized carbons (Fsp3) is 0.615. The number of anilines is 1.